The number of benzene rings is 1. The second-order valence-corrected chi connectivity index (χ2v) is 5.61. The van der Waals surface area contributed by atoms with Crippen LogP contribution in [0.4, 0.5) is 5.69 Å². The van der Waals surface area contributed by atoms with Gasteiger partial charge in [-0.2, -0.15) is 0 Å². The Morgan fingerprint density at radius 3 is 2.59 bits per heavy atom. The van der Waals surface area contributed by atoms with Gasteiger partial charge in [-0.3, -0.25) is 14.5 Å². The largest absolute Gasteiger partial charge is 0.481 e. The van der Waals surface area contributed by atoms with Gasteiger partial charge >= 0.3 is 5.97 Å². The molecule has 0 saturated carbocycles. The Kier molecular flexibility index (Phi) is 3.88. The van der Waals surface area contributed by atoms with E-state index in [0.717, 1.165) is 11.8 Å². The van der Waals surface area contributed by atoms with E-state index in [9.17, 15) is 9.59 Å². The molecule has 1 N–H and O–H groups in total. The van der Waals surface area contributed by atoms with Crippen LogP contribution >= 0.6 is 11.8 Å². The molecule has 9 heteroatoms. The van der Waals surface area contributed by atoms with Crippen molar-refractivity contribution in [3.8, 4) is 0 Å². The van der Waals surface area contributed by atoms with Gasteiger partial charge in [0.2, 0.25) is 5.91 Å². The van der Waals surface area contributed by atoms with Gasteiger partial charge in [-0.15, -0.1) is 15.3 Å². The summed E-state index contributed by atoms with van der Waals surface area (Å²) in [5.41, 5.74) is 0.639. The van der Waals surface area contributed by atoms with Crippen molar-refractivity contribution in [2.45, 2.75) is 11.7 Å². The van der Waals surface area contributed by atoms with Crippen LogP contribution < -0.4 is 4.90 Å². The van der Waals surface area contributed by atoms with Crippen molar-refractivity contribution in [3.05, 3.63) is 43.0 Å². The Morgan fingerprint density at radius 1 is 1.27 bits per heavy atom. The molecule has 1 aromatic heterocycles. The van der Waals surface area contributed by atoms with Gasteiger partial charge in [-0.05, 0) is 12.1 Å². The van der Waals surface area contributed by atoms with Gasteiger partial charge < -0.3 is 5.11 Å². The summed E-state index contributed by atoms with van der Waals surface area (Å²) in [6.07, 6.45) is 2.53. The Bertz CT molecular complexity index is 717. The van der Waals surface area contributed by atoms with E-state index in [1.807, 2.05) is 6.07 Å². The summed E-state index contributed by atoms with van der Waals surface area (Å²) in [4.78, 5) is 24.8. The summed E-state index contributed by atoms with van der Waals surface area (Å²) in [6.45, 7) is 0. The molecule has 2 heterocycles. The Balaban J connectivity index is 1.98. The molecule has 1 aliphatic rings. The zero-order chi connectivity index (χ0) is 15.5. The molecule has 8 nitrogen and oxygen atoms in total. The van der Waals surface area contributed by atoms with Gasteiger partial charge in [0.15, 0.2) is 5.17 Å². The van der Waals surface area contributed by atoms with Gasteiger partial charge in [-0.25, -0.2) is 4.68 Å². The van der Waals surface area contributed by atoms with Crippen molar-refractivity contribution >= 4 is 34.5 Å². The van der Waals surface area contributed by atoms with Crippen LogP contribution in [0.15, 0.2) is 48.1 Å². The van der Waals surface area contributed by atoms with Crippen LogP contribution in [0.3, 0.4) is 0 Å². The number of para-hydroxylation sites is 1. The zero-order valence-corrected chi connectivity index (χ0v) is 12.1. The molecule has 0 radical (unpaired) electrons. The smallest absolute Gasteiger partial charge is 0.305 e. The molecule has 0 bridgehead atoms. The van der Waals surface area contributed by atoms with Gasteiger partial charge in [-0.1, -0.05) is 30.0 Å². The van der Waals surface area contributed by atoms with Crippen LogP contribution in [-0.2, 0) is 9.59 Å². The topological polar surface area (TPSA) is 101 Å². The highest BCUT2D eigenvalue weighted by Crippen LogP contribution is 2.33. The zero-order valence-electron chi connectivity index (χ0n) is 11.2. The first kappa shape index (κ1) is 14.3. The SMILES string of the molecule is O=C(O)C[C@H]1S/C(=N/n2cnnc2)N(c2ccccc2)C1=O. The van der Waals surface area contributed by atoms with Crippen molar-refractivity contribution in [1.82, 2.24) is 14.9 Å². The Labute approximate surface area is 129 Å². The predicted molar refractivity (Wildman–Crippen MR) is 80.4 cm³/mol. The van der Waals surface area contributed by atoms with Crippen LogP contribution in [0, 0.1) is 0 Å². The van der Waals surface area contributed by atoms with Gasteiger partial charge in [0.05, 0.1) is 12.1 Å². The second-order valence-electron chi connectivity index (χ2n) is 4.44. The summed E-state index contributed by atoms with van der Waals surface area (Å²) >= 11 is 1.12. The molecule has 2 aromatic rings. The number of hydrogen-bond acceptors (Lipinski definition) is 6. The maximum Gasteiger partial charge on any atom is 0.305 e. The minimum atomic E-state index is -1.02. The molecule has 1 fully saturated rings. The average molecular weight is 317 g/mol. The normalized spacial score (nSPS) is 19.8. The number of aliphatic carboxylic acids is 1. The van der Waals surface area contributed by atoms with E-state index >= 15 is 0 Å². The van der Waals surface area contributed by atoms with E-state index in [-0.39, 0.29) is 12.3 Å². The van der Waals surface area contributed by atoms with Crippen LogP contribution in [0.5, 0.6) is 0 Å². The number of carboxylic acid groups (broad SMARTS) is 1. The fourth-order valence-electron chi connectivity index (χ4n) is 1.98. The van der Waals surface area contributed by atoms with E-state index in [2.05, 4.69) is 15.3 Å². The molecule has 1 atom stereocenters. The summed E-state index contributed by atoms with van der Waals surface area (Å²) in [5, 5.41) is 20.2. The number of nitrogens with zero attached hydrogens (tertiary/aromatic N) is 5. The first-order chi connectivity index (χ1) is 10.6. The van der Waals surface area contributed by atoms with E-state index < -0.39 is 11.2 Å². The Morgan fingerprint density at radius 2 is 1.95 bits per heavy atom. The molecule has 0 spiro atoms. The molecule has 0 aliphatic carbocycles. The number of carbonyl (C=O) groups is 2. The fraction of sp³-hybridized carbons (Fsp3) is 0.154. The highest BCUT2D eigenvalue weighted by Gasteiger charge is 2.40. The number of thioether (sulfide) groups is 1. The van der Waals surface area contributed by atoms with Crippen molar-refractivity contribution in [2.24, 2.45) is 5.10 Å². The van der Waals surface area contributed by atoms with E-state index in [1.54, 1.807) is 24.3 Å². The number of aromatic nitrogens is 3. The molecule has 1 saturated heterocycles. The van der Waals surface area contributed by atoms with E-state index in [1.165, 1.54) is 22.2 Å². The second kappa shape index (κ2) is 5.98. The average Bonchev–Trinajstić information content (AvgIpc) is 3.09. The van der Waals surface area contributed by atoms with E-state index in [4.69, 9.17) is 5.11 Å². The van der Waals surface area contributed by atoms with Crippen molar-refractivity contribution in [3.63, 3.8) is 0 Å². The van der Waals surface area contributed by atoms with Crippen molar-refractivity contribution in [2.75, 3.05) is 4.90 Å². The standard InChI is InChI=1S/C13H11N5O3S/c19-11(20)6-10-12(21)18(9-4-2-1-3-5-9)13(22-10)16-17-7-14-15-8-17/h1-5,7-8,10H,6H2,(H,19,20)/b16-13+/t10-/m1/s1. The van der Waals surface area contributed by atoms with Crippen molar-refractivity contribution < 1.29 is 14.7 Å². The molecule has 1 aliphatic heterocycles. The summed E-state index contributed by atoms with van der Waals surface area (Å²) in [7, 11) is 0. The third-order valence-corrected chi connectivity index (χ3v) is 4.04. The molecule has 3 rings (SSSR count). The number of hydrogen-bond donors (Lipinski definition) is 1. The number of rotatable bonds is 4. The highest BCUT2D eigenvalue weighted by molar-refractivity contribution is 8.16. The monoisotopic (exact) mass is 317 g/mol. The number of anilines is 1. The minimum Gasteiger partial charge on any atom is -0.481 e. The number of amides is 1. The lowest BCUT2D eigenvalue weighted by Gasteiger charge is -2.15. The molecular weight excluding hydrogens is 306 g/mol. The van der Waals surface area contributed by atoms with Crippen LogP contribution in [0.25, 0.3) is 0 Å². The van der Waals surface area contributed by atoms with Gasteiger partial charge in [0, 0.05) is 0 Å². The molecule has 0 unspecified atom stereocenters. The summed E-state index contributed by atoms with van der Waals surface area (Å²) in [6, 6.07) is 8.97. The third kappa shape index (κ3) is 2.84. The van der Waals surface area contributed by atoms with Crippen molar-refractivity contribution in [1.29, 1.82) is 0 Å². The van der Waals surface area contributed by atoms with Crippen LogP contribution in [-0.4, -0.2) is 42.3 Å². The van der Waals surface area contributed by atoms with Crippen LogP contribution in [0.1, 0.15) is 6.42 Å². The first-order valence-corrected chi connectivity index (χ1v) is 7.24. The number of amidine groups is 1. The molecule has 1 aromatic carbocycles. The lowest BCUT2D eigenvalue weighted by Crippen LogP contribution is -2.33. The lowest BCUT2D eigenvalue weighted by molar-refractivity contribution is -0.138. The summed E-state index contributed by atoms with van der Waals surface area (Å²) < 4.78 is 1.37. The maximum atomic E-state index is 12.5. The van der Waals surface area contributed by atoms with Crippen LogP contribution in [0.2, 0.25) is 0 Å². The quantitative estimate of drug-likeness (QED) is 0.903. The highest BCUT2D eigenvalue weighted by atomic mass is 32.2. The summed E-state index contributed by atoms with van der Waals surface area (Å²) in [5.74, 6) is -1.32. The van der Waals surface area contributed by atoms with Gasteiger partial charge in [0.1, 0.15) is 17.9 Å². The predicted octanol–water partition coefficient (Wildman–Crippen LogP) is 1.02. The first-order valence-electron chi connectivity index (χ1n) is 6.36. The lowest BCUT2D eigenvalue weighted by atomic mass is 10.2. The molecule has 1 amide bonds. The molecular formula is C13H11N5O3S. The molecule has 22 heavy (non-hydrogen) atoms. The van der Waals surface area contributed by atoms with E-state index in [0.29, 0.717) is 10.9 Å². The fourth-order valence-corrected chi connectivity index (χ4v) is 3.11. The molecule has 112 valence electrons. The number of carboxylic acids is 1. The number of carbonyl (C=O) groups excluding carboxylic acids is 1. The maximum absolute atomic E-state index is 12.5. The van der Waals surface area contributed by atoms with Gasteiger partial charge in [0.25, 0.3) is 0 Å². The third-order valence-electron chi connectivity index (χ3n) is 2.92. The minimum absolute atomic E-state index is 0.256. The Hall–Kier alpha value is -2.68.